The average molecular weight is 428 g/mol. The Morgan fingerprint density at radius 2 is 1.94 bits per heavy atom. The van der Waals surface area contributed by atoms with Gasteiger partial charge in [-0.2, -0.15) is 5.10 Å². The van der Waals surface area contributed by atoms with Crippen molar-refractivity contribution in [2.24, 2.45) is 0 Å². The van der Waals surface area contributed by atoms with Gasteiger partial charge in [0.25, 0.3) is 0 Å². The molecule has 8 nitrogen and oxygen atoms in total. The molecule has 1 amide bonds. The van der Waals surface area contributed by atoms with E-state index in [-0.39, 0.29) is 6.09 Å². The molecule has 1 aliphatic heterocycles. The molecule has 0 radical (unpaired) electrons. The van der Waals surface area contributed by atoms with Crippen LogP contribution in [0.1, 0.15) is 31.9 Å². The summed E-state index contributed by atoms with van der Waals surface area (Å²) in [6.45, 7) is 6.68. The fourth-order valence-corrected chi connectivity index (χ4v) is 3.72. The van der Waals surface area contributed by atoms with Crippen molar-refractivity contribution in [3.63, 3.8) is 0 Å². The number of nitrogens with zero attached hydrogens (tertiary/aromatic N) is 4. The lowest BCUT2D eigenvalue weighted by atomic mass is 10.1. The van der Waals surface area contributed by atoms with Gasteiger partial charge in [0, 0.05) is 35.9 Å². The monoisotopic (exact) mass is 428 g/mol. The highest BCUT2D eigenvalue weighted by Gasteiger charge is 2.28. The summed E-state index contributed by atoms with van der Waals surface area (Å²) in [6.07, 6.45) is 3.23. The number of carbonyl (C=O) groups excluding carboxylic acids is 1. The molecule has 4 aromatic rings. The molecule has 162 valence electrons. The summed E-state index contributed by atoms with van der Waals surface area (Å²) in [4.78, 5) is 23.3. The van der Waals surface area contributed by atoms with E-state index in [4.69, 9.17) is 4.74 Å². The number of aromatic nitrogens is 4. The summed E-state index contributed by atoms with van der Waals surface area (Å²) in [5.41, 5.74) is 4.50. The lowest BCUT2D eigenvalue weighted by Gasteiger charge is -2.24. The molecule has 2 aromatic heterocycles. The van der Waals surface area contributed by atoms with Crippen LogP contribution in [0.5, 0.6) is 0 Å². The predicted octanol–water partition coefficient (Wildman–Crippen LogP) is 5.01. The zero-order valence-corrected chi connectivity index (χ0v) is 18.2. The first-order chi connectivity index (χ1) is 15.3. The topological polar surface area (TPSA) is 96.0 Å². The Kier molecular flexibility index (Phi) is 4.77. The van der Waals surface area contributed by atoms with Gasteiger partial charge >= 0.3 is 6.09 Å². The molecule has 0 atom stereocenters. The van der Waals surface area contributed by atoms with Gasteiger partial charge < -0.3 is 10.1 Å². The molecule has 0 bridgehead atoms. The number of ether oxygens (including phenoxy) is 1. The van der Waals surface area contributed by atoms with E-state index in [1.165, 1.54) is 0 Å². The Bertz CT molecular complexity index is 1310. The van der Waals surface area contributed by atoms with Crippen molar-refractivity contribution in [3.8, 4) is 11.4 Å². The maximum absolute atomic E-state index is 12.4. The highest BCUT2D eigenvalue weighted by atomic mass is 16.6. The van der Waals surface area contributed by atoms with Crippen LogP contribution in [-0.4, -0.2) is 36.8 Å². The SMILES string of the molecule is CC(C)(C)OC(=O)N1Cc2ccc(-c3nccc(Nc4ccc5[nH]ncc5c4)n3)cc2C1. The number of hydrogen-bond donors (Lipinski definition) is 2. The van der Waals surface area contributed by atoms with Crippen molar-refractivity contribution in [1.82, 2.24) is 25.1 Å². The number of anilines is 2. The number of hydrogen-bond acceptors (Lipinski definition) is 6. The van der Waals surface area contributed by atoms with E-state index in [0.29, 0.717) is 24.7 Å². The molecule has 3 heterocycles. The minimum absolute atomic E-state index is 0.299. The lowest BCUT2D eigenvalue weighted by Crippen LogP contribution is -2.33. The highest BCUT2D eigenvalue weighted by Crippen LogP contribution is 2.29. The quantitative estimate of drug-likeness (QED) is 0.476. The van der Waals surface area contributed by atoms with Crippen LogP contribution in [0.3, 0.4) is 0 Å². The third-order valence-electron chi connectivity index (χ3n) is 5.21. The molecule has 0 spiro atoms. The van der Waals surface area contributed by atoms with Crippen LogP contribution in [-0.2, 0) is 17.8 Å². The van der Waals surface area contributed by atoms with E-state index < -0.39 is 5.60 Å². The highest BCUT2D eigenvalue weighted by molar-refractivity contribution is 5.82. The van der Waals surface area contributed by atoms with Gasteiger partial charge in [-0.3, -0.25) is 10.00 Å². The number of carbonyl (C=O) groups is 1. The van der Waals surface area contributed by atoms with Crippen LogP contribution in [0.25, 0.3) is 22.3 Å². The van der Waals surface area contributed by atoms with Crippen LogP contribution in [0, 0.1) is 0 Å². The number of nitrogens with one attached hydrogen (secondary N) is 2. The summed E-state index contributed by atoms with van der Waals surface area (Å²) in [5.74, 6) is 1.33. The summed E-state index contributed by atoms with van der Waals surface area (Å²) in [6, 6.07) is 13.9. The molecule has 2 N–H and O–H groups in total. The first-order valence-corrected chi connectivity index (χ1v) is 10.5. The first-order valence-electron chi connectivity index (χ1n) is 10.5. The minimum Gasteiger partial charge on any atom is -0.444 e. The lowest BCUT2D eigenvalue weighted by molar-refractivity contribution is 0.0242. The molecule has 0 fully saturated rings. The van der Waals surface area contributed by atoms with Crippen molar-refractivity contribution in [2.75, 3.05) is 5.32 Å². The normalized spacial score (nSPS) is 13.3. The first kappa shape index (κ1) is 20.0. The van der Waals surface area contributed by atoms with Crippen molar-refractivity contribution in [3.05, 3.63) is 66.0 Å². The number of benzene rings is 2. The van der Waals surface area contributed by atoms with Crippen molar-refractivity contribution >= 4 is 28.5 Å². The Morgan fingerprint density at radius 1 is 1.09 bits per heavy atom. The molecule has 0 unspecified atom stereocenters. The molecular weight excluding hydrogens is 404 g/mol. The second-order valence-electron chi connectivity index (χ2n) is 8.88. The number of H-pyrrole nitrogens is 1. The molecule has 0 aliphatic carbocycles. The van der Waals surface area contributed by atoms with Crippen LogP contribution < -0.4 is 5.32 Å². The Balaban J connectivity index is 1.34. The minimum atomic E-state index is -0.513. The molecule has 32 heavy (non-hydrogen) atoms. The Morgan fingerprint density at radius 3 is 2.78 bits per heavy atom. The molecule has 2 aromatic carbocycles. The number of aromatic amines is 1. The Labute approximate surface area is 185 Å². The molecule has 0 saturated carbocycles. The van der Waals surface area contributed by atoms with Gasteiger partial charge in [-0.25, -0.2) is 14.8 Å². The van der Waals surface area contributed by atoms with Crippen molar-refractivity contribution < 1.29 is 9.53 Å². The fourth-order valence-electron chi connectivity index (χ4n) is 3.72. The smallest absolute Gasteiger partial charge is 0.410 e. The summed E-state index contributed by atoms with van der Waals surface area (Å²) >= 11 is 0. The molecule has 5 rings (SSSR count). The van der Waals surface area contributed by atoms with Gasteiger partial charge in [-0.15, -0.1) is 0 Å². The largest absolute Gasteiger partial charge is 0.444 e. The van der Waals surface area contributed by atoms with Gasteiger partial charge in [0.2, 0.25) is 0 Å². The molecule has 8 heteroatoms. The van der Waals surface area contributed by atoms with Crippen LogP contribution in [0.15, 0.2) is 54.9 Å². The van der Waals surface area contributed by atoms with Crippen LogP contribution in [0.4, 0.5) is 16.3 Å². The summed E-state index contributed by atoms with van der Waals surface area (Å²) in [5, 5.41) is 11.4. The zero-order valence-electron chi connectivity index (χ0n) is 18.2. The second kappa shape index (κ2) is 7.64. The number of amides is 1. The van der Waals surface area contributed by atoms with E-state index in [1.807, 2.05) is 57.2 Å². The third kappa shape index (κ3) is 4.12. The number of rotatable bonds is 3. The van der Waals surface area contributed by atoms with Gasteiger partial charge in [-0.1, -0.05) is 12.1 Å². The fraction of sp³-hybridized carbons (Fsp3) is 0.250. The van der Waals surface area contributed by atoms with Gasteiger partial charge in [0.15, 0.2) is 5.82 Å². The van der Waals surface area contributed by atoms with E-state index >= 15 is 0 Å². The molecule has 0 saturated heterocycles. The van der Waals surface area contributed by atoms with E-state index in [2.05, 4.69) is 31.5 Å². The number of fused-ring (bicyclic) bond motifs is 2. The third-order valence-corrected chi connectivity index (χ3v) is 5.21. The Hall–Kier alpha value is -3.94. The maximum Gasteiger partial charge on any atom is 0.410 e. The summed E-state index contributed by atoms with van der Waals surface area (Å²) < 4.78 is 5.51. The predicted molar refractivity (Wildman–Crippen MR) is 122 cm³/mol. The van der Waals surface area contributed by atoms with E-state index in [1.54, 1.807) is 17.3 Å². The molecular formula is C24H24N6O2. The van der Waals surface area contributed by atoms with E-state index in [0.717, 1.165) is 33.3 Å². The van der Waals surface area contributed by atoms with Gasteiger partial charge in [0.05, 0.1) is 11.7 Å². The zero-order chi connectivity index (χ0) is 22.3. The average Bonchev–Trinajstić information content (AvgIpc) is 3.38. The second-order valence-corrected chi connectivity index (χ2v) is 8.88. The van der Waals surface area contributed by atoms with Crippen molar-refractivity contribution in [1.29, 1.82) is 0 Å². The standard InChI is InChI=1S/C24H24N6O2/c1-24(2,3)32-23(31)30-13-16-5-4-15(10-18(16)14-30)22-25-9-8-21(28-22)27-19-6-7-20-17(11-19)12-26-29-20/h4-12H,13-14H2,1-3H3,(H,26,29)(H,25,27,28). The van der Waals surface area contributed by atoms with Gasteiger partial charge in [0.1, 0.15) is 11.4 Å². The van der Waals surface area contributed by atoms with Crippen LogP contribution in [0.2, 0.25) is 0 Å². The maximum atomic E-state index is 12.4. The van der Waals surface area contributed by atoms with Gasteiger partial charge in [-0.05, 0) is 62.2 Å². The van der Waals surface area contributed by atoms with Crippen molar-refractivity contribution in [2.45, 2.75) is 39.5 Å². The van der Waals surface area contributed by atoms with Crippen LogP contribution >= 0.6 is 0 Å². The molecule has 1 aliphatic rings. The summed E-state index contributed by atoms with van der Waals surface area (Å²) in [7, 11) is 0. The van der Waals surface area contributed by atoms with E-state index in [9.17, 15) is 4.79 Å².